The van der Waals surface area contributed by atoms with Gasteiger partial charge in [-0.3, -0.25) is 9.48 Å². The highest BCUT2D eigenvalue weighted by Gasteiger charge is 2.33. The predicted octanol–water partition coefficient (Wildman–Crippen LogP) is 2.42. The number of aryl methyl sites for hydroxylation is 2. The van der Waals surface area contributed by atoms with Crippen molar-refractivity contribution < 1.29 is 9.90 Å². The molecule has 0 spiro atoms. The van der Waals surface area contributed by atoms with E-state index in [1.165, 1.54) is 0 Å². The fourth-order valence-corrected chi connectivity index (χ4v) is 4.13. The average Bonchev–Trinajstić information content (AvgIpc) is 3.44. The third-order valence-electron chi connectivity index (χ3n) is 5.90. The fraction of sp³-hybridized carbons (Fsp3) is 0.476. The Hall–Kier alpha value is -2.67. The predicted molar refractivity (Wildman–Crippen MR) is 104 cm³/mol. The Morgan fingerprint density at radius 1 is 1.29 bits per heavy atom. The molecule has 1 aliphatic heterocycles. The van der Waals surface area contributed by atoms with Crippen LogP contribution in [0.5, 0.6) is 0 Å². The molecule has 7 nitrogen and oxygen atoms in total. The summed E-state index contributed by atoms with van der Waals surface area (Å²) in [5.41, 5.74) is 3.67. The second-order valence-electron chi connectivity index (χ2n) is 7.97. The van der Waals surface area contributed by atoms with Crippen molar-refractivity contribution in [1.82, 2.24) is 24.2 Å². The summed E-state index contributed by atoms with van der Waals surface area (Å²) in [7, 11) is 0. The highest BCUT2D eigenvalue weighted by molar-refractivity contribution is 5.81. The standard InChI is InChI=1S/C21H25N5O2/c1-14-22-17-5-2-3-6-19(17)25(14)13-20(27)24-9-4-10-26-16(12-24)11-18(23-26)21(28)15-7-8-15/h2-3,5-6,11,15,21,28H,4,7-10,12-13H2,1H3/t21-/m0/s1. The molecule has 0 unspecified atom stereocenters. The molecule has 7 heteroatoms. The van der Waals surface area contributed by atoms with Crippen LogP contribution in [0.1, 0.15) is 42.6 Å². The first-order valence-electron chi connectivity index (χ1n) is 10.0. The summed E-state index contributed by atoms with van der Waals surface area (Å²) in [5.74, 6) is 1.30. The zero-order valence-corrected chi connectivity index (χ0v) is 16.1. The van der Waals surface area contributed by atoms with Crippen LogP contribution in [-0.2, 0) is 24.4 Å². The Balaban J connectivity index is 1.36. The summed E-state index contributed by atoms with van der Waals surface area (Å²) in [4.78, 5) is 19.5. The lowest BCUT2D eigenvalue weighted by Crippen LogP contribution is -2.33. The minimum absolute atomic E-state index is 0.0881. The fourth-order valence-electron chi connectivity index (χ4n) is 4.13. The van der Waals surface area contributed by atoms with Crippen LogP contribution in [0.2, 0.25) is 0 Å². The molecule has 0 radical (unpaired) electrons. The number of aliphatic hydroxyl groups excluding tert-OH is 1. The molecular weight excluding hydrogens is 354 g/mol. The molecule has 1 atom stereocenters. The first-order chi connectivity index (χ1) is 13.6. The average molecular weight is 379 g/mol. The van der Waals surface area contributed by atoms with E-state index in [0.29, 0.717) is 19.0 Å². The second-order valence-corrected chi connectivity index (χ2v) is 7.97. The largest absolute Gasteiger partial charge is 0.386 e. The van der Waals surface area contributed by atoms with Crippen LogP contribution in [-0.4, -0.2) is 41.8 Å². The van der Waals surface area contributed by atoms with E-state index >= 15 is 0 Å². The number of carbonyl (C=O) groups is 1. The number of amides is 1. The van der Waals surface area contributed by atoms with Crippen molar-refractivity contribution in [2.24, 2.45) is 5.92 Å². The molecule has 1 fully saturated rings. The van der Waals surface area contributed by atoms with Crippen LogP contribution >= 0.6 is 0 Å². The number of fused-ring (bicyclic) bond motifs is 2. The van der Waals surface area contributed by atoms with Crippen molar-refractivity contribution in [3.8, 4) is 0 Å². The number of carbonyl (C=O) groups excluding carboxylic acids is 1. The maximum atomic E-state index is 13.1. The molecule has 5 rings (SSSR count). The van der Waals surface area contributed by atoms with Gasteiger partial charge in [-0.2, -0.15) is 5.10 Å². The molecule has 1 N–H and O–H groups in total. The van der Waals surface area contributed by atoms with Gasteiger partial charge in [-0.05, 0) is 50.3 Å². The highest BCUT2D eigenvalue weighted by Crippen LogP contribution is 2.40. The molecule has 3 aromatic rings. The number of rotatable bonds is 4. The number of aromatic nitrogens is 4. The molecule has 3 heterocycles. The van der Waals surface area contributed by atoms with Gasteiger partial charge >= 0.3 is 0 Å². The molecule has 1 amide bonds. The zero-order valence-electron chi connectivity index (χ0n) is 16.1. The minimum Gasteiger partial charge on any atom is -0.386 e. The number of benzene rings is 1. The third kappa shape index (κ3) is 3.09. The topological polar surface area (TPSA) is 76.2 Å². The Kier molecular flexibility index (Phi) is 4.19. The van der Waals surface area contributed by atoms with Crippen LogP contribution in [0.25, 0.3) is 11.0 Å². The van der Waals surface area contributed by atoms with Crippen molar-refractivity contribution in [1.29, 1.82) is 0 Å². The van der Waals surface area contributed by atoms with Gasteiger partial charge in [0, 0.05) is 13.1 Å². The van der Waals surface area contributed by atoms with Gasteiger partial charge in [-0.15, -0.1) is 0 Å². The van der Waals surface area contributed by atoms with Crippen LogP contribution < -0.4 is 0 Å². The minimum atomic E-state index is -0.469. The van der Waals surface area contributed by atoms with Crippen LogP contribution in [0.3, 0.4) is 0 Å². The first kappa shape index (κ1) is 17.4. The quantitative estimate of drug-likeness (QED) is 0.755. The van der Waals surface area contributed by atoms with E-state index in [0.717, 1.165) is 54.1 Å². The molecule has 146 valence electrons. The van der Waals surface area contributed by atoms with E-state index in [1.807, 2.05) is 51.4 Å². The van der Waals surface area contributed by atoms with Crippen molar-refractivity contribution >= 4 is 16.9 Å². The molecule has 1 aromatic carbocycles. The van der Waals surface area contributed by atoms with Gasteiger partial charge in [-0.1, -0.05) is 12.1 Å². The summed E-state index contributed by atoms with van der Waals surface area (Å²) >= 11 is 0. The zero-order chi connectivity index (χ0) is 19.3. The monoisotopic (exact) mass is 379 g/mol. The number of imidazole rings is 1. The number of hydrogen-bond donors (Lipinski definition) is 1. The molecule has 0 bridgehead atoms. The third-order valence-corrected chi connectivity index (χ3v) is 5.90. The molecule has 2 aromatic heterocycles. The summed E-state index contributed by atoms with van der Waals surface area (Å²) < 4.78 is 3.95. The van der Waals surface area contributed by atoms with Crippen molar-refractivity contribution in [3.05, 3.63) is 47.5 Å². The van der Waals surface area contributed by atoms with Crippen LogP contribution in [0, 0.1) is 12.8 Å². The number of aliphatic hydroxyl groups is 1. The van der Waals surface area contributed by atoms with Crippen molar-refractivity contribution in [3.63, 3.8) is 0 Å². The highest BCUT2D eigenvalue weighted by atomic mass is 16.3. The molecule has 1 saturated carbocycles. The summed E-state index contributed by atoms with van der Waals surface area (Å²) in [6.45, 7) is 4.27. The first-order valence-corrected chi connectivity index (χ1v) is 10.0. The SMILES string of the molecule is Cc1nc2ccccc2n1CC(=O)N1CCCn2nc([C@@H](O)C3CC3)cc2C1. The van der Waals surface area contributed by atoms with Gasteiger partial charge in [0.05, 0.1) is 29.0 Å². The molecule has 1 aliphatic carbocycles. The van der Waals surface area contributed by atoms with E-state index in [2.05, 4.69) is 10.1 Å². The second kappa shape index (κ2) is 6.74. The van der Waals surface area contributed by atoms with E-state index in [9.17, 15) is 9.90 Å². The Labute approximate surface area is 163 Å². The maximum absolute atomic E-state index is 13.1. The summed E-state index contributed by atoms with van der Waals surface area (Å²) in [6.07, 6.45) is 2.55. The van der Waals surface area contributed by atoms with Gasteiger partial charge in [-0.25, -0.2) is 4.98 Å². The normalized spacial score (nSPS) is 18.1. The van der Waals surface area contributed by atoms with Gasteiger partial charge in [0.1, 0.15) is 18.5 Å². The van der Waals surface area contributed by atoms with Gasteiger partial charge in [0.25, 0.3) is 0 Å². The van der Waals surface area contributed by atoms with Crippen molar-refractivity contribution in [2.75, 3.05) is 6.54 Å². The van der Waals surface area contributed by atoms with Crippen LogP contribution in [0.15, 0.2) is 30.3 Å². The Bertz CT molecular complexity index is 1030. The molecule has 2 aliphatic rings. The number of hydrogen-bond acceptors (Lipinski definition) is 4. The smallest absolute Gasteiger partial charge is 0.242 e. The van der Waals surface area contributed by atoms with E-state index in [4.69, 9.17) is 0 Å². The summed E-state index contributed by atoms with van der Waals surface area (Å²) in [5, 5.41) is 15.0. The van der Waals surface area contributed by atoms with Crippen LogP contribution in [0.4, 0.5) is 0 Å². The van der Waals surface area contributed by atoms with Crippen molar-refractivity contribution in [2.45, 2.75) is 51.9 Å². The van der Waals surface area contributed by atoms with E-state index in [-0.39, 0.29) is 12.5 Å². The van der Waals surface area contributed by atoms with Gasteiger partial charge in [0.2, 0.25) is 5.91 Å². The Morgan fingerprint density at radius 2 is 2.11 bits per heavy atom. The van der Waals surface area contributed by atoms with Gasteiger partial charge in [0.15, 0.2) is 0 Å². The van der Waals surface area contributed by atoms with E-state index < -0.39 is 6.10 Å². The number of nitrogens with zero attached hydrogens (tertiary/aromatic N) is 5. The molecular formula is C21H25N5O2. The lowest BCUT2D eigenvalue weighted by molar-refractivity contribution is -0.132. The van der Waals surface area contributed by atoms with E-state index in [1.54, 1.807) is 0 Å². The maximum Gasteiger partial charge on any atom is 0.242 e. The number of para-hydroxylation sites is 2. The molecule has 0 saturated heterocycles. The lowest BCUT2D eigenvalue weighted by atomic mass is 10.1. The van der Waals surface area contributed by atoms with Gasteiger partial charge < -0.3 is 14.6 Å². The molecule has 28 heavy (non-hydrogen) atoms. The lowest BCUT2D eigenvalue weighted by Gasteiger charge is -2.21. The summed E-state index contributed by atoms with van der Waals surface area (Å²) in [6, 6.07) is 9.89. The Morgan fingerprint density at radius 3 is 2.93 bits per heavy atom.